The van der Waals surface area contributed by atoms with Crippen molar-refractivity contribution in [3.05, 3.63) is 91.8 Å². The maximum Gasteiger partial charge on any atom is 0.332 e. The second-order valence-electron chi connectivity index (χ2n) is 7.96. The van der Waals surface area contributed by atoms with Crippen molar-refractivity contribution in [3.63, 3.8) is 0 Å². The van der Waals surface area contributed by atoms with Gasteiger partial charge in [-0.2, -0.15) is 4.98 Å². The van der Waals surface area contributed by atoms with Gasteiger partial charge < -0.3 is 0 Å². The molecular formula is C22H19ClN6O4S. The third-order valence-electron chi connectivity index (χ3n) is 5.68. The van der Waals surface area contributed by atoms with Gasteiger partial charge in [0.05, 0.1) is 11.4 Å². The summed E-state index contributed by atoms with van der Waals surface area (Å²) >= 11 is 6.06. The third-order valence-corrected chi connectivity index (χ3v) is 6.84. The van der Waals surface area contributed by atoms with Crippen LogP contribution in [0, 0.1) is 6.92 Å². The molecule has 0 aliphatic carbocycles. The van der Waals surface area contributed by atoms with E-state index < -0.39 is 21.3 Å². The minimum absolute atomic E-state index is 0.0168. The average molecular weight is 499 g/mol. The number of nitrogens with zero attached hydrogens (tertiary/aromatic N) is 5. The highest BCUT2D eigenvalue weighted by atomic mass is 35.5. The minimum atomic E-state index is -3.83. The molecule has 0 unspecified atom stereocenters. The summed E-state index contributed by atoms with van der Waals surface area (Å²) in [7, 11) is -2.27. The Labute approximate surface area is 198 Å². The normalized spacial score (nSPS) is 12.1. The Bertz CT molecular complexity index is 1830. The van der Waals surface area contributed by atoms with Crippen LogP contribution in [0.4, 0.5) is 0 Å². The quantitative estimate of drug-likeness (QED) is 0.404. The van der Waals surface area contributed by atoms with Crippen molar-refractivity contribution >= 4 is 38.6 Å². The zero-order valence-electron chi connectivity index (χ0n) is 18.1. The summed E-state index contributed by atoms with van der Waals surface area (Å²) in [6, 6.07) is 13.0. The van der Waals surface area contributed by atoms with Gasteiger partial charge in [0.2, 0.25) is 15.8 Å². The molecule has 2 N–H and O–H groups in total. The molecule has 0 saturated carbocycles. The van der Waals surface area contributed by atoms with Crippen molar-refractivity contribution in [3.8, 4) is 5.69 Å². The maximum atomic E-state index is 13.4. The van der Waals surface area contributed by atoms with Crippen molar-refractivity contribution in [1.82, 2.24) is 23.1 Å². The lowest BCUT2D eigenvalue weighted by molar-refractivity contribution is 0.598. The highest BCUT2D eigenvalue weighted by molar-refractivity contribution is 7.89. The minimum Gasteiger partial charge on any atom is -0.283 e. The topological polar surface area (TPSA) is 126 Å². The van der Waals surface area contributed by atoms with E-state index in [-0.39, 0.29) is 22.6 Å². The van der Waals surface area contributed by atoms with Crippen LogP contribution in [0.3, 0.4) is 0 Å². The smallest absolute Gasteiger partial charge is 0.283 e. The second-order valence-corrected chi connectivity index (χ2v) is 9.96. The number of hydrogen-bond donors (Lipinski definition) is 1. The van der Waals surface area contributed by atoms with Crippen LogP contribution in [0.25, 0.3) is 22.6 Å². The second kappa shape index (κ2) is 7.69. The first kappa shape index (κ1) is 22.1. The molecule has 3 heterocycles. The number of halogens is 1. The molecule has 0 aliphatic heterocycles. The number of hydrogen-bond acceptors (Lipinski definition) is 5. The Kier molecular flexibility index (Phi) is 5.01. The summed E-state index contributed by atoms with van der Waals surface area (Å²) in [6.45, 7) is 1.89. The van der Waals surface area contributed by atoms with Gasteiger partial charge in [0.25, 0.3) is 5.56 Å². The largest absolute Gasteiger partial charge is 0.332 e. The molecule has 0 spiro atoms. The summed E-state index contributed by atoms with van der Waals surface area (Å²) < 4.78 is 29.1. The Morgan fingerprint density at radius 3 is 2.44 bits per heavy atom. The van der Waals surface area contributed by atoms with Crippen molar-refractivity contribution in [1.29, 1.82) is 0 Å². The van der Waals surface area contributed by atoms with Gasteiger partial charge in [0.15, 0.2) is 11.2 Å². The van der Waals surface area contributed by atoms with Gasteiger partial charge in [-0.1, -0.05) is 23.7 Å². The Hall–Kier alpha value is -3.67. The van der Waals surface area contributed by atoms with E-state index in [1.165, 1.54) is 16.7 Å². The summed E-state index contributed by atoms with van der Waals surface area (Å²) in [5.74, 6) is 0.406. The highest BCUT2D eigenvalue weighted by Crippen LogP contribution is 2.22. The van der Waals surface area contributed by atoms with Crippen LogP contribution < -0.4 is 16.4 Å². The Balaban J connectivity index is 1.74. The number of imidazole rings is 2. The molecule has 0 amide bonds. The number of rotatable bonds is 4. The van der Waals surface area contributed by atoms with E-state index in [0.29, 0.717) is 16.5 Å². The van der Waals surface area contributed by atoms with Crippen LogP contribution in [-0.4, -0.2) is 31.5 Å². The lowest BCUT2D eigenvalue weighted by atomic mass is 10.2. The van der Waals surface area contributed by atoms with Gasteiger partial charge in [-0.3, -0.25) is 22.9 Å². The predicted octanol–water partition coefficient (Wildman–Crippen LogP) is 1.80. The SMILES string of the molecule is Cc1cn2c3c(=O)n(Cc4cccc(Cl)c4)c(=O)n(C)c3nc2n1-c1ccc(S(N)(=O)=O)cc1. The van der Waals surface area contributed by atoms with Gasteiger partial charge in [-0.05, 0) is 48.9 Å². The monoisotopic (exact) mass is 498 g/mol. The molecule has 5 aromatic rings. The fraction of sp³-hybridized carbons (Fsp3) is 0.136. The Morgan fingerprint density at radius 1 is 1.09 bits per heavy atom. The molecule has 0 bridgehead atoms. The molecule has 3 aromatic heterocycles. The third kappa shape index (κ3) is 3.45. The van der Waals surface area contributed by atoms with Crippen LogP contribution in [0.15, 0.2) is 69.2 Å². The average Bonchev–Trinajstić information content (AvgIpc) is 3.29. The molecule has 5 rings (SSSR count). The van der Waals surface area contributed by atoms with Crippen LogP contribution in [0.1, 0.15) is 11.3 Å². The molecule has 10 nitrogen and oxygen atoms in total. The number of fused-ring (bicyclic) bond motifs is 3. The highest BCUT2D eigenvalue weighted by Gasteiger charge is 2.21. The van der Waals surface area contributed by atoms with Gasteiger partial charge in [-0.25, -0.2) is 18.4 Å². The summed E-state index contributed by atoms with van der Waals surface area (Å²) in [5.41, 5.74) is 1.60. The standard InChI is InChI=1S/C22H19ClN6O4S/c1-13-11-27-18-19(25-21(27)29(13)16-6-8-17(9-7-16)34(24,32)33)26(2)22(31)28(20(18)30)12-14-4-3-5-15(23)10-14/h3-11H,12H2,1-2H3,(H2,24,32,33). The van der Waals surface area contributed by atoms with E-state index in [1.807, 2.05) is 6.92 Å². The number of aryl methyl sites for hydroxylation is 2. The van der Waals surface area contributed by atoms with Crippen LogP contribution in [0.2, 0.25) is 5.02 Å². The van der Waals surface area contributed by atoms with Crippen molar-refractivity contribution < 1.29 is 8.42 Å². The predicted molar refractivity (Wildman–Crippen MR) is 128 cm³/mol. The van der Waals surface area contributed by atoms with Crippen molar-refractivity contribution in [2.45, 2.75) is 18.4 Å². The molecular weight excluding hydrogens is 480 g/mol. The van der Waals surface area contributed by atoms with Gasteiger partial charge in [-0.15, -0.1) is 0 Å². The number of benzene rings is 2. The zero-order chi connectivity index (χ0) is 24.4. The zero-order valence-corrected chi connectivity index (χ0v) is 19.7. The fourth-order valence-corrected chi connectivity index (χ4v) is 4.80. The van der Waals surface area contributed by atoms with Gasteiger partial charge in [0, 0.05) is 29.6 Å². The summed E-state index contributed by atoms with van der Waals surface area (Å²) in [5, 5.41) is 5.70. The van der Waals surface area contributed by atoms with Crippen molar-refractivity contribution in [2.24, 2.45) is 12.2 Å². The lowest BCUT2D eigenvalue weighted by Gasteiger charge is -2.08. The van der Waals surface area contributed by atoms with E-state index >= 15 is 0 Å². The van der Waals surface area contributed by atoms with Crippen LogP contribution in [-0.2, 0) is 23.6 Å². The molecule has 174 valence electrons. The van der Waals surface area contributed by atoms with E-state index in [4.69, 9.17) is 16.7 Å². The maximum absolute atomic E-state index is 13.4. The molecule has 2 aromatic carbocycles. The van der Waals surface area contributed by atoms with Gasteiger partial charge in [0.1, 0.15) is 0 Å². The molecule has 0 radical (unpaired) electrons. The Morgan fingerprint density at radius 2 is 1.79 bits per heavy atom. The molecule has 0 aliphatic rings. The van der Waals surface area contributed by atoms with Gasteiger partial charge >= 0.3 is 5.69 Å². The van der Waals surface area contributed by atoms with Crippen molar-refractivity contribution in [2.75, 3.05) is 0 Å². The molecule has 0 fully saturated rings. The first-order valence-electron chi connectivity index (χ1n) is 10.1. The van der Waals surface area contributed by atoms with E-state index in [2.05, 4.69) is 4.98 Å². The first-order chi connectivity index (χ1) is 16.1. The number of primary sulfonamides is 1. The number of aromatic nitrogens is 5. The summed E-state index contributed by atoms with van der Waals surface area (Å²) in [6.07, 6.45) is 1.74. The molecule has 0 saturated heterocycles. The molecule has 12 heteroatoms. The van der Waals surface area contributed by atoms with Crippen LogP contribution >= 0.6 is 11.6 Å². The number of sulfonamides is 1. The summed E-state index contributed by atoms with van der Waals surface area (Å²) in [4.78, 5) is 31.0. The fourth-order valence-electron chi connectivity index (χ4n) is 4.07. The van der Waals surface area contributed by atoms with E-state index in [1.54, 1.807) is 58.6 Å². The van der Waals surface area contributed by atoms with Crippen LogP contribution in [0.5, 0.6) is 0 Å². The van der Waals surface area contributed by atoms with E-state index in [0.717, 1.165) is 15.8 Å². The number of nitrogens with two attached hydrogens (primary N) is 1. The molecule has 0 atom stereocenters. The first-order valence-corrected chi connectivity index (χ1v) is 12.1. The molecule has 34 heavy (non-hydrogen) atoms. The van der Waals surface area contributed by atoms with E-state index in [9.17, 15) is 18.0 Å². The lowest BCUT2D eigenvalue weighted by Crippen LogP contribution is -2.39.